The van der Waals surface area contributed by atoms with Gasteiger partial charge in [0, 0.05) is 12.1 Å². The van der Waals surface area contributed by atoms with Crippen molar-refractivity contribution >= 4 is 11.6 Å². The average molecular weight is 339 g/mol. The first-order valence-electron chi connectivity index (χ1n) is 7.94. The van der Waals surface area contributed by atoms with Gasteiger partial charge in [0.2, 0.25) is 5.91 Å². The third-order valence-corrected chi connectivity index (χ3v) is 4.15. The van der Waals surface area contributed by atoms with Gasteiger partial charge in [-0.2, -0.15) is 5.26 Å². The van der Waals surface area contributed by atoms with Gasteiger partial charge in [0.05, 0.1) is 12.8 Å². The van der Waals surface area contributed by atoms with E-state index in [0.29, 0.717) is 29.1 Å². The zero-order chi connectivity index (χ0) is 18.6. The number of aromatic nitrogens is 1. The minimum atomic E-state index is -0.393. The van der Waals surface area contributed by atoms with Crippen molar-refractivity contribution in [2.24, 2.45) is 0 Å². The van der Waals surface area contributed by atoms with Crippen molar-refractivity contribution in [3.63, 3.8) is 0 Å². The number of rotatable bonds is 5. The van der Waals surface area contributed by atoms with Gasteiger partial charge in [0.15, 0.2) is 0 Å². The van der Waals surface area contributed by atoms with Crippen molar-refractivity contribution in [3.05, 3.63) is 56.5 Å². The van der Waals surface area contributed by atoms with Crippen molar-refractivity contribution in [3.8, 4) is 11.8 Å². The lowest BCUT2D eigenvalue weighted by Crippen LogP contribution is -2.18. The van der Waals surface area contributed by atoms with Crippen LogP contribution in [0.25, 0.3) is 0 Å². The first-order chi connectivity index (χ1) is 11.9. The summed E-state index contributed by atoms with van der Waals surface area (Å²) in [6.45, 7) is 5.44. The molecule has 0 saturated heterocycles. The van der Waals surface area contributed by atoms with Crippen LogP contribution in [0.3, 0.4) is 0 Å². The molecule has 0 aliphatic carbocycles. The standard InChI is InChI=1S/C19H21N3O3/c1-11-5-7-17(25-4)16(9-11)22-18(23)8-6-14-12(2)15(10-20)19(24)21-13(14)3/h5,7,9H,6,8H2,1-4H3,(H,21,24)(H,22,23). The summed E-state index contributed by atoms with van der Waals surface area (Å²) in [6.07, 6.45) is 0.665. The molecule has 0 unspecified atom stereocenters. The van der Waals surface area contributed by atoms with Crippen molar-refractivity contribution in [2.45, 2.75) is 33.6 Å². The maximum atomic E-state index is 12.3. The van der Waals surface area contributed by atoms with E-state index in [1.165, 1.54) is 0 Å². The van der Waals surface area contributed by atoms with Crippen molar-refractivity contribution in [2.75, 3.05) is 12.4 Å². The van der Waals surface area contributed by atoms with Crippen LogP contribution in [-0.2, 0) is 11.2 Å². The molecule has 6 heteroatoms. The lowest BCUT2D eigenvalue weighted by molar-refractivity contribution is -0.116. The van der Waals surface area contributed by atoms with Gasteiger partial charge >= 0.3 is 0 Å². The highest BCUT2D eigenvalue weighted by atomic mass is 16.5. The zero-order valence-electron chi connectivity index (χ0n) is 14.8. The van der Waals surface area contributed by atoms with E-state index in [4.69, 9.17) is 10.00 Å². The number of hydrogen-bond donors (Lipinski definition) is 2. The fraction of sp³-hybridized carbons (Fsp3) is 0.316. The lowest BCUT2D eigenvalue weighted by Gasteiger charge is -2.13. The fourth-order valence-corrected chi connectivity index (χ4v) is 2.79. The predicted octanol–water partition coefficient (Wildman–Crippen LogP) is 2.75. The number of hydrogen-bond acceptors (Lipinski definition) is 4. The summed E-state index contributed by atoms with van der Waals surface area (Å²) >= 11 is 0. The van der Waals surface area contributed by atoms with Crippen LogP contribution in [0.2, 0.25) is 0 Å². The Morgan fingerprint density at radius 1 is 1.32 bits per heavy atom. The molecule has 0 aliphatic rings. The Labute approximate surface area is 146 Å². The Morgan fingerprint density at radius 2 is 2.04 bits per heavy atom. The molecule has 0 fully saturated rings. The van der Waals surface area contributed by atoms with E-state index in [-0.39, 0.29) is 17.9 Å². The predicted molar refractivity (Wildman–Crippen MR) is 95.9 cm³/mol. The SMILES string of the molecule is COc1ccc(C)cc1NC(=O)CCc1c(C)[nH]c(=O)c(C#N)c1C. The summed E-state index contributed by atoms with van der Waals surface area (Å²) < 4.78 is 5.26. The number of benzene rings is 1. The van der Waals surface area contributed by atoms with E-state index in [0.717, 1.165) is 11.1 Å². The highest BCUT2D eigenvalue weighted by Gasteiger charge is 2.14. The average Bonchev–Trinajstić information content (AvgIpc) is 2.55. The largest absolute Gasteiger partial charge is 0.495 e. The van der Waals surface area contributed by atoms with Gasteiger partial charge in [0.25, 0.3) is 5.56 Å². The normalized spacial score (nSPS) is 10.2. The van der Waals surface area contributed by atoms with Crippen molar-refractivity contribution in [1.29, 1.82) is 5.26 Å². The molecule has 0 saturated carbocycles. The van der Waals surface area contributed by atoms with Crippen LogP contribution in [0.1, 0.15) is 34.4 Å². The van der Waals surface area contributed by atoms with Gasteiger partial charge in [-0.15, -0.1) is 0 Å². The number of carbonyl (C=O) groups is 1. The fourth-order valence-electron chi connectivity index (χ4n) is 2.79. The molecular weight excluding hydrogens is 318 g/mol. The summed E-state index contributed by atoms with van der Waals surface area (Å²) in [5.74, 6) is 0.439. The van der Waals surface area contributed by atoms with Crippen LogP contribution in [0.5, 0.6) is 5.75 Å². The Balaban J connectivity index is 2.15. The minimum Gasteiger partial charge on any atom is -0.495 e. The van der Waals surface area contributed by atoms with Crippen molar-refractivity contribution in [1.82, 2.24) is 4.98 Å². The Kier molecular flexibility index (Phi) is 5.60. The Hall–Kier alpha value is -3.07. The van der Waals surface area contributed by atoms with Gasteiger partial charge in [-0.25, -0.2) is 0 Å². The molecule has 2 rings (SSSR count). The van der Waals surface area contributed by atoms with E-state index in [1.54, 1.807) is 27.0 Å². The maximum Gasteiger partial charge on any atom is 0.266 e. The molecule has 2 aromatic rings. The summed E-state index contributed by atoms with van der Waals surface area (Å²) in [4.78, 5) is 26.7. The number of methoxy groups -OCH3 is 1. The third-order valence-electron chi connectivity index (χ3n) is 4.15. The van der Waals surface area contributed by atoms with Crippen LogP contribution in [0.4, 0.5) is 5.69 Å². The molecular formula is C19H21N3O3. The quantitative estimate of drug-likeness (QED) is 0.875. The molecule has 1 amide bonds. The summed E-state index contributed by atoms with van der Waals surface area (Å²) in [7, 11) is 1.55. The van der Waals surface area contributed by atoms with Crippen LogP contribution < -0.4 is 15.6 Å². The van der Waals surface area contributed by atoms with Crippen LogP contribution in [0, 0.1) is 32.1 Å². The number of nitriles is 1. The summed E-state index contributed by atoms with van der Waals surface area (Å²) in [6, 6.07) is 7.48. The molecule has 1 aromatic heterocycles. The smallest absolute Gasteiger partial charge is 0.266 e. The first kappa shape index (κ1) is 18.3. The summed E-state index contributed by atoms with van der Waals surface area (Å²) in [5, 5.41) is 12.0. The van der Waals surface area contributed by atoms with Gasteiger partial charge in [-0.3, -0.25) is 9.59 Å². The Bertz CT molecular complexity index is 907. The minimum absolute atomic E-state index is 0.0985. The van der Waals surface area contributed by atoms with Crippen LogP contribution >= 0.6 is 0 Å². The van der Waals surface area contributed by atoms with E-state index < -0.39 is 5.56 Å². The maximum absolute atomic E-state index is 12.3. The third kappa shape index (κ3) is 4.07. The molecule has 1 heterocycles. The van der Waals surface area contributed by atoms with Crippen molar-refractivity contribution < 1.29 is 9.53 Å². The highest BCUT2D eigenvalue weighted by Crippen LogP contribution is 2.25. The van der Waals surface area contributed by atoms with E-state index >= 15 is 0 Å². The van der Waals surface area contributed by atoms with E-state index in [9.17, 15) is 9.59 Å². The number of aromatic amines is 1. The van der Waals surface area contributed by atoms with Gasteiger partial charge in [-0.1, -0.05) is 6.07 Å². The molecule has 6 nitrogen and oxygen atoms in total. The van der Waals surface area contributed by atoms with Gasteiger partial charge in [-0.05, 0) is 56.0 Å². The highest BCUT2D eigenvalue weighted by molar-refractivity contribution is 5.92. The molecule has 25 heavy (non-hydrogen) atoms. The topological polar surface area (TPSA) is 95.0 Å². The second-order valence-electron chi connectivity index (χ2n) is 5.92. The number of H-pyrrole nitrogens is 1. The van der Waals surface area contributed by atoms with E-state index in [1.807, 2.05) is 25.1 Å². The number of carbonyl (C=O) groups excluding carboxylic acids is 1. The molecule has 2 N–H and O–H groups in total. The number of ether oxygens (including phenoxy) is 1. The first-order valence-corrected chi connectivity index (χ1v) is 7.94. The van der Waals surface area contributed by atoms with E-state index in [2.05, 4.69) is 10.3 Å². The number of nitrogens with zero attached hydrogens (tertiary/aromatic N) is 1. The molecule has 0 radical (unpaired) electrons. The second-order valence-corrected chi connectivity index (χ2v) is 5.92. The lowest BCUT2D eigenvalue weighted by atomic mass is 9.99. The molecule has 130 valence electrons. The molecule has 1 aromatic carbocycles. The monoisotopic (exact) mass is 339 g/mol. The van der Waals surface area contributed by atoms with Gasteiger partial charge < -0.3 is 15.0 Å². The molecule has 0 bridgehead atoms. The van der Waals surface area contributed by atoms with Gasteiger partial charge in [0.1, 0.15) is 17.4 Å². The second kappa shape index (κ2) is 7.67. The number of nitrogens with one attached hydrogen (secondary N) is 2. The number of amides is 1. The summed E-state index contributed by atoms with van der Waals surface area (Å²) in [5.41, 5.74) is 3.48. The number of aryl methyl sites for hydroxylation is 2. The van der Waals surface area contributed by atoms with Crippen LogP contribution in [-0.4, -0.2) is 18.0 Å². The number of anilines is 1. The molecule has 0 spiro atoms. The zero-order valence-corrected chi connectivity index (χ0v) is 14.8. The number of pyridine rings is 1. The molecule has 0 aliphatic heterocycles. The Morgan fingerprint density at radius 3 is 2.68 bits per heavy atom. The van der Waals surface area contributed by atoms with Crippen LogP contribution in [0.15, 0.2) is 23.0 Å². The molecule has 0 atom stereocenters.